The Morgan fingerprint density at radius 1 is 1.50 bits per heavy atom. The molecule has 0 spiro atoms. The molecular weight excluding hydrogens is 145 g/mol. The summed E-state index contributed by atoms with van der Waals surface area (Å²) >= 11 is 0. The minimum atomic E-state index is -4.20. The van der Waals surface area contributed by atoms with Gasteiger partial charge in [0.1, 0.15) is 6.54 Å². The molecule has 0 amide bonds. The van der Waals surface area contributed by atoms with Crippen LogP contribution in [0, 0.1) is 0 Å². The molecule has 0 saturated heterocycles. The zero-order valence-corrected chi connectivity index (χ0v) is 5.33. The van der Waals surface area contributed by atoms with Gasteiger partial charge in [-0.1, -0.05) is 6.58 Å². The molecule has 10 heavy (non-hydrogen) atoms. The van der Waals surface area contributed by atoms with E-state index in [1.54, 1.807) is 0 Å². The average molecular weight is 154 g/mol. The number of halogens is 3. The minimum absolute atomic E-state index is 0.0239. The van der Waals surface area contributed by atoms with Gasteiger partial charge < -0.3 is 11.1 Å². The third-order valence-corrected chi connectivity index (χ3v) is 0.785. The maximum Gasteiger partial charge on any atom is 0.405 e. The lowest BCUT2D eigenvalue weighted by molar-refractivity contribution is -0.123. The molecule has 0 aliphatic rings. The number of rotatable bonds is 3. The predicted molar refractivity (Wildman–Crippen MR) is 32.3 cm³/mol. The number of alkyl halides is 3. The Morgan fingerprint density at radius 2 is 2.00 bits per heavy atom. The summed E-state index contributed by atoms with van der Waals surface area (Å²) < 4.78 is 34.2. The van der Waals surface area contributed by atoms with Crippen LogP contribution in [0.1, 0.15) is 0 Å². The van der Waals surface area contributed by atoms with E-state index >= 15 is 0 Å². The summed E-state index contributed by atoms with van der Waals surface area (Å²) in [5.41, 5.74) is 5.16. The Kier molecular flexibility index (Phi) is 3.21. The first-order valence-corrected chi connectivity index (χ1v) is 2.64. The lowest BCUT2D eigenvalue weighted by Crippen LogP contribution is -2.30. The monoisotopic (exact) mass is 154 g/mol. The van der Waals surface area contributed by atoms with Crippen LogP contribution < -0.4 is 11.1 Å². The summed E-state index contributed by atoms with van der Waals surface area (Å²) in [6.45, 7) is 2.20. The van der Waals surface area contributed by atoms with Gasteiger partial charge in [-0.25, -0.2) is 0 Å². The van der Waals surface area contributed by atoms with Crippen LogP contribution in [0.25, 0.3) is 0 Å². The van der Waals surface area contributed by atoms with Crippen molar-refractivity contribution in [2.45, 2.75) is 6.18 Å². The van der Waals surface area contributed by atoms with Crippen molar-refractivity contribution < 1.29 is 13.2 Å². The van der Waals surface area contributed by atoms with Crippen LogP contribution in [-0.2, 0) is 0 Å². The Balaban J connectivity index is 3.46. The van der Waals surface area contributed by atoms with Crippen molar-refractivity contribution in [2.75, 3.05) is 13.1 Å². The number of nitrogens with two attached hydrogens (primary N) is 1. The van der Waals surface area contributed by atoms with Crippen molar-refractivity contribution in [3.8, 4) is 0 Å². The van der Waals surface area contributed by atoms with E-state index in [0.29, 0.717) is 0 Å². The summed E-state index contributed by atoms with van der Waals surface area (Å²) in [5, 5.41) is 2.03. The van der Waals surface area contributed by atoms with Crippen LogP contribution in [-0.4, -0.2) is 19.3 Å². The third kappa shape index (κ3) is 5.43. The van der Waals surface area contributed by atoms with E-state index in [-0.39, 0.29) is 12.2 Å². The van der Waals surface area contributed by atoms with Gasteiger partial charge in [0.25, 0.3) is 0 Å². The van der Waals surface area contributed by atoms with Crippen molar-refractivity contribution in [1.29, 1.82) is 0 Å². The first kappa shape index (κ1) is 9.29. The molecule has 0 atom stereocenters. The fourth-order valence-corrected chi connectivity index (χ4v) is 0.297. The van der Waals surface area contributed by atoms with Crippen molar-refractivity contribution >= 4 is 0 Å². The standard InChI is InChI=1S/C5H9F3N2/c1-4(2-9)10-3-5(6,7)8/h10H,1-3,9H2. The number of nitrogens with one attached hydrogen (secondary N) is 1. The van der Waals surface area contributed by atoms with E-state index in [0.717, 1.165) is 0 Å². The van der Waals surface area contributed by atoms with Crippen molar-refractivity contribution in [2.24, 2.45) is 5.73 Å². The largest absolute Gasteiger partial charge is 0.405 e. The Bertz CT molecular complexity index is 119. The SMILES string of the molecule is C=C(CN)NCC(F)(F)F. The van der Waals surface area contributed by atoms with E-state index in [4.69, 9.17) is 5.73 Å². The first-order chi connectivity index (χ1) is 4.45. The van der Waals surface area contributed by atoms with Crippen LogP contribution in [0.15, 0.2) is 12.3 Å². The Morgan fingerprint density at radius 3 is 2.30 bits per heavy atom. The third-order valence-electron chi connectivity index (χ3n) is 0.785. The van der Waals surface area contributed by atoms with Crippen LogP contribution in [0.5, 0.6) is 0 Å². The molecule has 2 nitrogen and oxygen atoms in total. The average Bonchev–Trinajstić information content (AvgIpc) is 1.81. The predicted octanol–water partition coefficient (Wildman–Crippen LogP) is 0.611. The number of hydrogen-bond donors (Lipinski definition) is 2. The molecule has 0 saturated carbocycles. The summed E-state index contributed by atoms with van der Waals surface area (Å²) in [6, 6.07) is 0. The normalized spacial score (nSPS) is 11.2. The van der Waals surface area contributed by atoms with Gasteiger partial charge in [0.2, 0.25) is 0 Å². The highest BCUT2D eigenvalue weighted by molar-refractivity contribution is 4.92. The molecule has 0 bridgehead atoms. The highest BCUT2D eigenvalue weighted by atomic mass is 19.4. The molecule has 0 aliphatic carbocycles. The van der Waals surface area contributed by atoms with Crippen molar-refractivity contribution in [1.82, 2.24) is 5.32 Å². The summed E-state index contributed by atoms with van der Waals surface area (Å²) in [5.74, 6) is 0. The first-order valence-electron chi connectivity index (χ1n) is 2.64. The molecule has 0 aliphatic heterocycles. The van der Waals surface area contributed by atoms with Gasteiger partial charge in [-0.2, -0.15) is 13.2 Å². The smallest absolute Gasteiger partial charge is 0.379 e. The van der Waals surface area contributed by atoms with Crippen molar-refractivity contribution in [3.05, 3.63) is 12.3 Å². The fraction of sp³-hybridized carbons (Fsp3) is 0.600. The van der Waals surface area contributed by atoms with E-state index in [9.17, 15) is 13.2 Å². The highest BCUT2D eigenvalue weighted by Crippen LogP contribution is 2.12. The molecule has 0 unspecified atom stereocenters. The summed E-state index contributed by atoms with van der Waals surface area (Å²) in [4.78, 5) is 0. The van der Waals surface area contributed by atoms with Gasteiger partial charge in [0, 0.05) is 12.2 Å². The molecule has 0 aromatic heterocycles. The van der Waals surface area contributed by atoms with E-state index in [1.807, 2.05) is 5.32 Å². The topological polar surface area (TPSA) is 38.0 Å². The Hall–Kier alpha value is -0.710. The van der Waals surface area contributed by atoms with E-state index < -0.39 is 12.7 Å². The van der Waals surface area contributed by atoms with Crippen LogP contribution in [0.3, 0.4) is 0 Å². The van der Waals surface area contributed by atoms with E-state index in [1.165, 1.54) is 0 Å². The van der Waals surface area contributed by atoms with Crippen LogP contribution in [0.2, 0.25) is 0 Å². The molecule has 0 fully saturated rings. The molecule has 0 radical (unpaired) electrons. The van der Waals surface area contributed by atoms with Gasteiger partial charge in [-0.3, -0.25) is 0 Å². The van der Waals surface area contributed by atoms with Crippen LogP contribution in [0.4, 0.5) is 13.2 Å². The van der Waals surface area contributed by atoms with Crippen LogP contribution >= 0.6 is 0 Å². The Labute approximate surface area is 56.9 Å². The second-order valence-corrected chi connectivity index (χ2v) is 1.78. The lowest BCUT2D eigenvalue weighted by Gasteiger charge is -2.09. The molecule has 60 valence electrons. The molecule has 0 aromatic rings. The van der Waals surface area contributed by atoms with Gasteiger partial charge in [0.05, 0.1) is 0 Å². The summed E-state index contributed by atoms with van der Waals surface area (Å²) in [7, 11) is 0. The molecule has 5 heteroatoms. The van der Waals surface area contributed by atoms with Gasteiger partial charge in [0.15, 0.2) is 0 Å². The van der Waals surface area contributed by atoms with Gasteiger partial charge in [-0.05, 0) is 0 Å². The second kappa shape index (κ2) is 3.46. The van der Waals surface area contributed by atoms with E-state index in [2.05, 4.69) is 6.58 Å². The summed E-state index contributed by atoms with van der Waals surface area (Å²) in [6.07, 6.45) is -4.20. The molecular formula is C5H9F3N2. The quantitative estimate of drug-likeness (QED) is 0.625. The molecule has 3 N–H and O–H groups in total. The zero-order chi connectivity index (χ0) is 8.20. The maximum atomic E-state index is 11.4. The number of hydrogen-bond acceptors (Lipinski definition) is 2. The molecule has 0 rings (SSSR count). The maximum absolute atomic E-state index is 11.4. The van der Waals surface area contributed by atoms with Gasteiger partial charge in [-0.15, -0.1) is 0 Å². The zero-order valence-electron chi connectivity index (χ0n) is 5.33. The lowest BCUT2D eigenvalue weighted by atomic mass is 10.5. The molecule has 0 heterocycles. The second-order valence-electron chi connectivity index (χ2n) is 1.78. The highest BCUT2D eigenvalue weighted by Gasteiger charge is 2.26. The molecule has 0 aromatic carbocycles. The van der Waals surface area contributed by atoms with Gasteiger partial charge >= 0.3 is 6.18 Å². The van der Waals surface area contributed by atoms with Crippen molar-refractivity contribution in [3.63, 3.8) is 0 Å². The fourth-order valence-electron chi connectivity index (χ4n) is 0.297. The minimum Gasteiger partial charge on any atom is -0.379 e.